The van der Waals surface area contributed by atoms with Crippen LogP contribution in [0.25, 0.3) is 16.2 Å². The minimum Gasteiger partial charge on any atom is -0.269 e. The van der Waals surface area contributed by atoms with Gasteiger partial charge in [-0.25, -0.2) is 8.89 Å². The van der Waals surface area contributed by atoms with Gasteiger partial charge >= 0.3 is 0 Å². The number of benzene rings is 1. The molecule has 1 aliphatic heterocycles. The summed E-state index contributed by atoms with van der Waals surface area (Å²) in [5.41, 5.74) is 4.93. The highest BCUT2D eigenvalue weighted by molar-refractivity contribution is 7.93. The lowest BCUT2D eigenvalue weighted by Gasteiger charge is -2.16. The molecule has 0 radical (unpaired) electrons. The van der Waals surface area contributed by atoms with E-state index in [1.165, 1.54) is 34.7 Å². The second-order valence-electron chi connectivity index (χ2n) is 5.58. The third-order valence-corrected chi connectivity index (χ3v) is 5.20. The molecule has 1 amide bonds. The maximum atomic E-state index is 11.8. The Morgan fingerprint density at radius 3 is 2.73 bits per heavy atom. The number of aryl methyl sites for hydroxylation is 2. The Balaban J connectivity index is 1.68. The molecule has 1 atom stereocenters. The van der Waals surface area contributed by atoms with E-state index >= 15 is 0 Å². The van der Waals surface area contributed by atoms with Crippen molar-refractivity contribution in [2.45, 2.75) is 25.7 Å². The number of carbonyl (C=O) groups excluding carboxylic acids is 1. The second-order valence-corrected chi connectivity index (χ2v) is 6.74. The van der Waals surface area contributed by atoms with Crippen molar-refractivity contribution in [1.29, 1.82) is 0 Å². The molecule has 6 heteroatoms. The van der Waals surface area contributed by atoms with E-state index in [4.69, 9.17) is 0 Å². The number of rotatable bonds is 2. The lowest BCUT2D eigenvalue weighted by molar-refractivity contribution is -0.114. The van der Waals surface area contributed by atoms with Gasteiger partial charge in [0.2, 0.25) is 0 Å². The summed E-state index contributed by atoms with van der Waals surface area (Å²) >= 11 is 0. The first-order chi connectivity index (χ1) is 10.7. The fraction of sp³-hybridized carbons (Fsp3) is 0.250. The first kappa shape index (κ1) is 13.5. The SMILES string of the molecule is O=C1C=C(n2cc(-c3ccc4c(c3)CCCC4)cn2)S(=O)N1. The summed E-state index contributed by atoms with van der Waals surface area (Å²) in [4.78, 5) is 11.3. The van der Waals surface area contributed by atoms with E-state index in [1.54, 1.807) is 6.20 Å². The van der Waals surface area contributed by atoms with E-state index in [1.807, 2.05) is 6.20 Å². The van der Waals surface area contributed by atoms with Crippen LogP contribution in [-0.4, -0.2) is 19.9 Å². The van der Waals surface area contributed by atoms with Crippen molar-refractivity contribution in [3.63, 3.8) is 0 Å². The van der Waals surface area contributed by atoms with Gasteiger partial charge in [-0.1, -0.05) is 18.2 Å². The molecule has 22 heavy (non-hydrogen) atoms. The third kappa shape index (κ3) is 2.29. The molecule has 1 N–H and O–H groups in total. The topological polar surface area (TPSA) is 64.0 Å². The van der Waals surface area contributed by atoms with E-state index in [9.17, 15) is 9.00 Å². The number of carbonyl (C=O) groups is 1. The van der Waals surface area contributed by atoms with Crippen LogP contribution in [0.4, 0.5) is 0 Å². The predicted molar refractivity (Wildman–Crippen MR) is 84.9 cm³/mol. The Hall–Kier alpha value is -2.21. The quantitative estimate of drug-likeness (QED) is 0.922. The van der Waals surface area contributed by atoms with Crippen molar-refractivity contribution in [3.05, 3.63) is 47.8 Å². The number of hydrogen-bond donors (Lipinski definition) is 1. The number of amides is 1. The van der Waals surface area contributed by atoms with Gasteiger partial charge < -0.3 is 0 Å². The Labute approximate surface area is 130 Å². The highest BCUT2D eigenvalue weighted by Gasteiger charge is 2.22. The zero-order chi connectivity index (χ0) is 15.1. The zero-order valence-corrected chi connectivity index (χ0v) is 12.7. The highest BCUT2D eigenvalue weighted by Crippen LogP contribution is 2.28. The lowest BCUT2D eigenvalue weighted by atomic mass is 9.89. The zero-order valence-electron chi connectivity index (χ0n) is 11.9. The second kappa shape index (κ2) is 5.21. The van der Waals surface area contributed by atoms with Crippen molar-refractivity contribution in [2.24, 2.45) is 0 Å². The maximum absolute atomic E-state index is 11.8. The first-order valence-corrected chi connectivity index (χ1v) is 8.47. The molecule has 1 aromatic heterocycles. The summed E-state index contributed by atoms with van der Waals surface area (Å²) in [6.45, 7) is 0. The molecule has 1 aromatic carbocycles. The van der Waals surface area contributed by atoms with Gasteiger partial charge in [-0.2, -0.15) is 5.10 Å². The van der Waals surface area contributed by atoms with E-state index < -0.39 is 11.0 Å². The predicted octanol–water partition coefficient (Wildman–Crippen LogP) is 2.02. The summed E-state index contributed by atoms with van der Waals surface area (Å²) in [5, 5.41) is 4.60. The fourth-order valence-electron chi connectivity index (χ4n) is 3.00. The van der Waals surface area contributed by atoms with Crippen LogP contribution >= 0.6 is 0 Å². The van der Waals surface area contributed by atoms with Crippen LogP contribution in [0.1, 0.15) is 24.0 Å². The summed E-state index contributed by atoms with van der Waals surface area (Å²) in [6.07, 6.45) is 9.68. The van der Waals surface area contributed by atoms with Gasteiger partial charge in [-0.15, -0.1) is 0 Å². The number of nitrogens with one attached hydrogen (secondary N) is 1. The molecule has 0 fully saturated rings. The van der Waals surface area contributed by atoms with Gasteiger partial charge in [-0.05, 0) is 42.4 Å². The molecule has 1 aliphatic carbocycles. The number of fused-ring (bicyclic) bond motifs is 1. The molecule has 2 heterocycles. The molecule has 0 saturated carbocycles. The molecule has 2 aliphatic rings. The Morgan fingerprint density at radius 2 is 1.95 bits per heavy atom. The first-order valence-electron chi connectivity index (χ1n) is 7.32. The van der Waals surface area contributed by atoms with Crippen LogP contribution in [0.2, 0.25) is 0 Å². The van der Waals surface area contributed by atoms with E-state index in [2.05, 4.69) is 28.0 Å². The van der Waals surface area contributed by atoms with Crippen molar-refractivity contribution in [2.75, 3.05) is 0 Å². The summed E-state index contributed by atoms with van der Waals surface area (Å²) < 4.78 is 15.6. The Bertz CT molecular complexity index is 823. The average molecular weight is 313 g/mol. The summed E-state index contributed by atoms with van der Waals surface area (Å²) in [7, 11) is -1.52. The van der Waals surface area contributed by atoms with Gasteiger partial charge in [0.25, 0.3) is 5.91 Å². The molecule has 0 bridgehead atoms. The largest absolute Gasteiger partial charge is 0.269 e. The van der Waals surface area contributed by atoms with E-state index in [-0.39, 0.29) is 5.91 Å². The van der Waals surface area contributed by atoms with Crippen LogP contribution in [0, 0.1) is 0 Å². The van der Waals surface area contributed by atoms with Crippen molar-refractivity contribution in [3.8, 4) is 11.1 Å². The molecule has 1 unspecified atom stereocenters. The molecule has 112 valence electrons. The number of hydrogen-bond acceptors (Lipinski definition) is 3. The van der Waals surface area contributed by atoms with E-state index in [0.29, 0.717) is 5.03 Å². The summed E-state index contributed by atoms with van der Waals surface area (Å²) in [5.74, 6) is -0.348. The Morgan fingerprint density at radius 1 is 1.14 bits per heavy atom. The third-order valence-electron chi connectivity index (χ3n) is 4.13. The normalized spacial score (nSPS) is 20.5. The van der Waals surface area contributed by atoms with Crippen LogP contribution in [0.5, 0.6) is 0 Å². The minimum atomic E-state index is -1.52. The monoisotopic (exact) mass is 313 g/mol. The molecule has 4 rings (SSSR count). The fourth-order valence-corrected chi connectivity index (χ4v) is 3.83. The van der Waals surface area contributed by atoms with Gasteiger partial charge in [0, 0.05) is 17.8 Å². The van der Waals surface area contributed by atoms with Crippen molar-refractivity contribution < 1.29 is 9.00 Å². The van der Waals surface area contributed by atoms with Gasteiger partial charge in [0.15, 0.2) is 16.0 Å². The molecular formula is C16H15N3O2S. The van der Waals surface area contributed by atoms with Crippen LogP contribution in [-0.2, 0) is 28.6 Å². The summed E-state index contributed by atoms with van der Waals surface area (Å²) in [6, 6.07) is 6.52. The molecule has 2 aromatic rings. The molecule has 0 spiro atoms. The molecular weight excluding hydrogens is 298 g/mol. The Kier molecular flexibility index (Phi) is 3.18. The number of aromatic nitrogens is 2. The number of nitrogens with zero attached hydrogens (tertiary/aromatic N) is 2. The van der Waals surface area contributed by atoms with Gasteiger partial charge in [0.05, 0.1) is 6.20 Å². The standard InChI is InChI=1S/C16H15N3O2S/c20-15-8-16(22(21)18-15)19-10-14(9-17-19)13-6-5-11-3-1-2-4-12(11)7-13/h5-10H,1-4H2,(H,18,20). The van der Waals surface area contributed by atoms with Crippen LogP contribution in [0.3, 0.4) is 0 Å². The highest BCUT2D eigenvalue weighted by atomic mass is 32.2. The molecule has 0 saturated heterocycles. The van der Waals surface area contributed by atoms with Crippen LogP contribution in [0.15, 0.2) is 36.7 Å². The van der Waals surface area contributed by atoms with Gasteiger partial charge in [0.1, 0.15) is 0 Å². The average Bonchev–Trinajstić information content (AvgIpc) is 3.13. The minimum absolute atomic E-state index is 0.348. The van der Waals surface area contributed by atoms with Crippen LogP contribution < -0.4 is 4.72 Å². The maximum Gasteiger partial charge on any atom is 0.258 e. The lowest BCUT2D eigenvalue weighted by Crippen LogP contribution is -2.17. The smallest absolute Gasteiger partial charge is 0.258 e. The molecule has 5 nitrogen and oxygen atoms in total. The van der Waals surface area contributed by atoms with Crippen molar-refractivity contribution in [1.82, 2.24) is 14.5 Å². The van der Waals surface area contributed by atoms with Gasteiger partial charge in [-0.3, -0.25) is 9.52 Å². The van der Waals surface area contributed by atoms with Crippen molar-refractivity contribution >= 4 is 21.9 Å². The van der Waals surface area contributed by atoms with E-state index in [0.717, 1.165) is 24.0 Å².